The average molecular weight is 278 g/mol. The van der Waals surface area contributed by atoms with Gasteiger partial charge in [-0.3, -0.25) is 0 Å². The third-order valence-electron chi connectivity index (χ3n) is 3.25. The standard InChI is InChI=1S/C15H22N2O3/c1-12-5-2-3-7-14(12)20-10-8-16-15(18)17-11-13-6-4-9-19-13/h2-3,5,7,13H,4,6,8-11H2,1H3,(H2,16,17,18). The lowest BCUT2D eigenvalue weighted by Crippen LogP contribution is -2.41. The zero-order valence-corrected chi connectivity index (χ0v) is 11.9. The van der Waals surface area contributed by atoms with Gasteiger partial charge in [0.1, 0.15) is 12.4 Å². The van der Waals surface area contributed by atoms with Gasteiger partial charge in [-0.2, -0.15) is 0 Å². The second-order valence-electron chi connectivity index (χ2n) is 4.89. The maximum Gasteiger partial charge on any atom is 0.315 e. The molecule has 5 heteroatoms. The van der Waals surface area contributed by atoms with Gasteiger partial charge in [0.2, 0.25) is 0 Å². The Morgan fingerprint density at radius 2 is 2.25 bits per heavy atom. The van der Waals surface area contributed by atoms with Crippen LogP contribution in [0.5, 0.6) is 5.75 Å². The van der Waals surface area contributed by atoms with Crippen LogP contribution in [0.25, 0.3) is 0 Å². The second-order valence-corrected chi connectivity index (χ2v) is 4.89. The maximum atomic E-state index is 11.5. The highest BCUT2D eigenvalue weighted by molar-refractivity contribution is 5.73. The van der Waals surface area contributed by atoms with Crippen molar-refractivity contribution < 1.29 is 14.3 Å². The molecule has 1 heterocycles. The topological polar surface area (TPSA) is 59.6 Å². The molecule has 0 radical (unpaired) electrons. The van der Waals surface area contributed by atoms with Crippen LogP contribution in [0, 0.1) is 6.92 Å². The molecule has 0 saturated carbocycles. The molecular weight excluding hydrogens is 256 g/mol. The molecule has 110 valence electrons. The molecule has 0 spiro atoms. The van der Waals surface area contributed by atoms with E-state index in [1.165, 1.54) is 0 Å². The number of carbonyl (C=O) groups is 1. The maximum absolute atomic E-state index is 11.5. The van der Waals surface area contributed by atoms with Gasteiger partial charge in [0.05, 0.1) is 12.6 Å². The van der Waals surface area contributed by atoms with Crippen LogP contribution < -0.4 is 15.4 Å². The monoisotopic (exact) mass is 278 g/mol. The summed E-state index contributed by atoms with van der Waals surface area (Å²) in [5, 5.41) is 5.57. The van der Waals surface area contributed by atoms with E-state index in [4.69, 9.17) is 9.47 Å². The molecule has 1 fully saturated rings. The highest BCUT2D eigenvalue weighted by Crippen LogP contribution is 2.15. The molecule has 2 N–H and O–H groups in total. The summed E-state index contributed by atoms with van der Waals surface area (Å²) >= 11 is 0. The third-order valence-corrected chi connectivity index (χ3v) is 3.25. The van der Waals surface area contributed by atoms with Crippen LogP contribution in [0.3, 0.4) is 0 Å². The molecule has 1 atom stereocenters. The fourth-order valence-electron chi connectivity index (χ4n) is 2.12. The molecular formula is C15H22N2O3. The number of urea groups is 1. The molecule has 1 unspecified atom stereocenters. The number of hydrogen-bond donors (Lipinski definition) is 2. The van der Waals surface area contributed by atoms with Crippen molar-refractivity contribution in [3.8, 4) is 5.75 Å². The number of benzene rings is 1. The van der Waals surface area contributed by atoms with Crippen LogP contribution in [0.2, 0.25) is 0 Å². The first-order valence-corrected chi connectivity index (χ1v) is 7.07. The number of aryl methyl sites for hydroxylation is 1. The number of nitrogens with one attached hydrogen (secondary N) is 2. The molecule has 5 nitrogen and oxygen atoms in total. The van der Waals surface area contributed by atoms with Gasteiger partial charge in [0, 0.05) is 13.2 Å². The third kappa shape index (κ3) is 4.74. The number of carbonyl (C=O) groups excluding carboxylic acids is 1. The first-order valence-electron chi connectivity index (χ1n) is 7.07. The minimum Gasteiger partial charge on any atom is -0.491 e. The Balaban J connectivity index is 1.56. The predicted octanol–water partition coefficient (Wildman–Crippen LogP) is 1.85. The van der Waals surface area contributed by atoms with Crippen molar-refractivity contribution in [3.05, 3.63) is 29.8 Å². The highest BCUT2D eigenvalue weighted by atomic mass is 16.5. The van der Waals surface area contributed by atoms with Crippen LogP contribution in [0.4, 0.5) is 4.79 Å². The Labute approximate surface area is 119 Å². The molecule has 2 rings (SSSR count). The lowest BCUT2D eigenvalue weighted by molar-refractivity contribution is 0.111. The summed E-state index contributed by atoms with van der Waals surface area (Å²) in [6.07, 6.45) is 2.28. The fraction of sp³-hybridized carbons (Fsp3) is 0.533. The summed E-state index contributed by atoms with van der Waals surface area (Å²) in [4.78, 5) is 11.5. The van der Waals surface area contributed by atoms with E-state index in [2.05, 4.69) is 10.6 Å². The molecule has 20 heavy (non-hydrogen) atoms. The Kier molecular flexibility index (Phi) is 5.68. The van der Waals surface area contributed by atoms with Gasteiger partial charge < -0.3 is 20.1 Å². The van der Waals surface area contributed by atoms with Gasteiger partial charge in [-0.05, 0) is 31.4 Å². The molecule has 0 aromatic heterocycles. The molecule has 1 aromatic rings. The number of rotatable bonds is 6. The summed E-state index contributed by atoms with van der Waals surface area (Å²) in [6, 6.07) is 7.65. The van der Waals surface area contributed by atoms with E-state index < -0.39 is 0 Å². The van der Waals surface area contributed by atoms with E-state index in [-0.39, 0.29) is 12.1 Å². The van der Waals surface area contributed by atoms with Crippen molar-refractivity contribution in [3.63, 3.8) is 0 Å². The molecule has 2 amide bonds. The van der Waals surface area contributed by atoms with Gasteiger partial charge in [-0.1, -0.05) is 18.2 Å². The van der Waals surface area contributed by atoms with Crippen LogP contribution >= 0.6 is 0 Å². The predicted molar refractivity (Wildman–Crippen MR) is 77.0 cm³/mol. The normalized spacial score (nSPS) is 17.8. The van der Waals surface area contributed by atoms with Crippen LogP contribution in [0.1, 0.15) is 18.4 Å². The zero-order chi connectivity index (χ0) is 14.2. The quantitative estimate of drug-likeness (QED) is 0.781. The molecule has 1 aliphatic heterocycles. The van der Waals surface area contributed by atoms with E-state index in [0.29, 0.717) is 19.7 Å². The Morgan fingerprint density at radius 1 is 1.40 bits per heavy atom. The molecule has 0 bridgehead atoms. The largest absolute Gasteiger partial charge is 0.491 e. The van der Waals surface area contributed by atoms with E-state index in [1.54, 1.807) is 0 Å². The average Bonchev–Trinajstić information content (AvgIpc) is 2.96. The smallest absolute Gasteiger partial charge is 0.315 e. The Morgan fingerprint density at radius 3 is 3.00 bits per heavy atom. The summed E-state index contributed by atoms with van der Waals surface area (Å²) in [7, 11) is 0. The van der Waals surface area contributed by atoms with Gasteiger partial charge in [-0.15, -0.1) is 0 Å². The number of para-hydroxylation sites is 1. The first kappa shape index (κ1) is 14.7. The summed E-state index contributed by atoms with van der Waals surface area (Å²) in [5.41, 5.74) is 1.09. The van der Waals surface area contributed by atoms with Crippen LogP contribution in [0.15, 0.2) is 24.3 Å². The van der Waals surface area contributed by atoms with E-state index in [9.17, 15) is 4.79 Å². The first-order chi connectivity index (χ1) is 9.75. The summed E-state index contributed by atoms with van der Waals surface area (Å²) < 4.78 is 11.0. The molecule has 1 aromatic carbocycles. The lowest BCUT2D eigenvalue weighted by atomic mass is 10.2. The fourth-order valence-corrected chi connectivity index (χ4v) is 2.12. The number of amides is 2. The molecule has 1 aliphatic rings. The van der Waals surface area contributed by atoms with Crippen molar-refractivity contribution >= 4 is 6.03 Å². The second kappa shape index (κ2) is 7.75. The van der Waals surface area contributed by atoms with Crippen molar-refractivity contribution in [2.75, 3.05) is 26.3 Å². The van der Waals surface area contributed by atoms with E-state index in [0.717, 1.165) is 30.8 Å². The van der Waals surface area contributed by atoms with Gasteiger partial charge >= 0.3 is 6.03 Å². The minimum absolute atomic E-state index is 0.170. The number of ether oxygens (including phenoxy) is 2. The Bertz CT molecular complexity index is 431. The van der Waals surface area contributed by atoms with Crippen molar-refractivity contribution in [2.24, 2.45) is 0 Å². The van der Waals surface area contributed by atoms with Crippen molar-refractivity contribution in [1.82, 2.24) is 10.6 Å². The van der Waals surface area contributed by atoms with E-state index >= 15 is 0 Å². The number of hydrogen-bond acceptors (Lipinski definition) is 3. The molecule has 0 aliphatic carbocycles. The van der Waals surface area contributed by atoms with Crippen molar-refractivity contribution in [1.29, 1.82) is 0 Å². The van der Waals surface area contributed by atoms with Crippen molar-refractivity contribution in [2.45, 2.75) is 25.9 Å². The molecule has 1 saturated heterocycles. The zero-order valence-electron chi connectivity index (χ0n) is 11.9. The minimum atomic E-state index is -0.172. The summed E-state index contributed by atoms with van der Waals surface area (Å²) in [5.74, 6) is 0.856. The van der Waals surface area contributed by atoms with Crippen LogP contribution in [-0.4, -0.2) is 38.4 Å². The summed E-state index contributed by atoms with van der Waals surface area (Å²) in [6.45, 7) is 4.31. The SMILES string of the molecule is Cc1ccccc1OCCNC(=O)NCC1CCCO1. The Hall–Kier alpha value is -1.75. The van der Waals surface area contributed by atoms with Crippen LogP contribution in [-0.2, 0) is 4.74 Å². The van der Waals surface area contributed by atoms with E-state index in [1.807, 2.05) is 31.2 Å². The van der Waals surface area contributed by atoms with Gasteiger partial charge in [0.15, 0.2) is 0 Å². The van der Waals surface area contributed by atoms with Gasteiger partial charge in [0.25, 0.3) is 0 Å². The lowest BCUT2D eigenvalue weighted by Gasteiger charge is -2.12. The van der Waals surface area contributed by atoms with Gasteiger partial charge in [-0.25, -0.2) is 4.79 Å². The highest BCUT2D eigenvalue weighted by Gasteiger charge is 2.15.